The maximum Gasteiger partial charge on any atom is 0.254 e. The molecule has 106 valence electrons. The smallest absolute Gasteiger partial charge is 0.254 e. The van der Waals surface area contributed by atoms with Crippen molar-refractivity contribution in [1.29, 1.82) is 0 Å². The summed E-state index contributed by atoms with van der Waals surface area (Å²) in [5.41, 5.74) is 7.10. The quantitative estimate of drug-likeness (QED) is 0.819. The number of hydrogen-bond acceptors (Lipinski definition) is 4. The van der Waals surface area contributed by atoms with Crippen molar-refractivity contribution in [2.24, 2.45) is 0 Å². The molecule has 1 aromatic rings. The van der Waals surface area contributed by atoms with Crippen LogP contribution in [-0.2, 0) is 0 Å². The van der Waals surface area contributed by atoms with Crippen molar-refractivity contribution in [2.45, 2.75) is 33.1 Å². The molecule has 5 nitrogen and oxygen atoms in total. The van der Waals surface area contributed by atoms with Crippen LogP contribution in [0.4, 0.5) is 5.82 Å². The van der Waals surface area contributed by atoms with Crippen molar-refractivity contribution in [3.8, 4) is 0 Å². The van der Waals surface area contributed by atoms with E-state index in [1.54, 1.807) is 17.0 Å². The fourth-order valence-corrected chi connectivity index (χ4v) is 1.88. The van der Waals surface area contributed by atoms with E-state index in [0.29, 0.717) is 24.5 Å². The molecule has 0 atom stereocenters. The van der Waals surface area contributed by atoms with Gasteiger partial charge in [0, 0.05) is 24.3 Å². The number of aromatic nitrogens is 1. The Bertz CT molecular complexity index is 427. The fourth-order valence-electron chi connectivity index (χ4n) is 1.88. The van der Waals surface area contributed by atoms with Crippen LogP contribution in [0.15, 0.2) is 12.1 Å². The third-order valence-electron chi connectivity index (χ3n) is 2.85. The topological polar surface area (TPSA) is 79.5 Å². The highest BCUT2D eigenvalue weighted by Crippen LogP contribution is 2.17. The van der Waals surface area contributed by atoms with Gasteiger partial charge in [0.05, 0.1) is 6.61 Å². The van der Waals surface area contributed by atoms with Crippen molar-refractivity contribution in [3.63, 3.8) is 0 Å². The third kappa shape index (κ3) is 4.21. The van der Waals surface area contributed by atoms with E-state index in [1.807, 2.05) is 20.8 Å². The van der Waals surface area contributed by atoms with E-state index in [9.17, 15) is 4.79 Å². The number of carbonyl (C=O) groups excluding carboxylic acids is 1. The van der Waals surface area contributed by atoms with Gasteiger partial charge in [0.15, 0.2) is 0 Å². The molecule has 0 spiro atoms. The first kappa shape index (κ1) is 15.4. The molecule has 1 heterocycles. The van der Waals surface area contributed by atoms with Gasteiger partial charge in [-0.15, -0.1) is 0 Å². The second-order valence-electron chi connectivity index (χ2n) is 4.88. The SMILES string of the molecule is CCCN(CCO)C(=O)c1cc(N)nc(C(C)C)c1. The van der Waals surface area contributed by atoms with Gasteiger partial charge in [0.2, 0.25) is 0 Å². The summed E-state index contributed by atoms with van der Waals surface area (Å²) in [7, 11) is 0. The first-order chi connectivity index (χ1) is 8.99. The minimum atomic E-state index is -0.105. The predicted octanol–water partition coefficient (Wildman–Crippen LogP) is 1.63. The molecule has 0 saturated carbocycles. The Morgan fingerprint density at radius 3 is 2.63 bits per heavy atom. The van der Waals surface area contributed by atoms with Gasteiger partial charge in [-0.2, -0.15) is 0 Å². The minimum Gasteiger partial charge on any atom is -0.395 e. The number of nitrogens with zero attached hydrogens (tertiary/aromatic N) is 2. The molecule has 3 N–H and O–H groups in total. The predicted molar refractivity (Wildman–Crippen MR) is 76.0 cm³/mol. The lowest BCUT2D eigenvalue weighted by molar-refractivity contribution is 0.0722. The minimum absolute atomic E-state index is 0.0383. The molecular weight excluding hydrogens is 242 g/mol. The Morgan fingerprint density at radius 1 is 1.42 bits per heavy atom. The van der Waals surface area contributed by atoms with E-state index in [1.165, 1.54) is 0 Å². The van der Waals surface area contributed by atoms with Crippen LogP contribution in [0.25, 0.3) is 0 Å². The standard InChI is InChI=1S/C14H23N3O2/c1-4-5-17(6-7-18)14(19)11-8-12(10(2)3)16-13(15)9-11/h8-10,18H,4-7H2,1-3H3,(H2,15,16). The van der Waals surface area contributed by atoms with Gasteiger partial charge >= 0.3 is 0 Å². The van der Waals surface area contributed by atoms with Crippen LogP contribution in [0.2, 0.25) is 0 Å². The van der Waals surface area contributed by atoms with Crippen LogP contribution in [-0.4, -0.2) is 40.6 Å². The summed E-state index contributed by atoms with van der Waals surface area (Å²) in [5.74, 6) is 0.467. The molecule has 1 aromatic heterocycles. The normalized spacial score (nSPS) is 10.8. The fraction of sp³-hybridized carbons (Fsp3) is 0.571. The van der Waals surface area contributed by atoms with E-state index in [-0.39, 0.29) is 18.4 Å². The molecule has 0 fully saturated rings. The number of carbonyl (C=O) groups is 1. The Labute approximate surface area is 114 Å². The molecule has 1 amide bonds. The van der Waals surface area contributed by atoms with Gasteiger partial charge in [-0.1, -0.05) is 20.8 Å². The zero-order chi connectivity index (χ0) is 14.4. The van der Waals surface area contributed by atoms with E-state index in [2.05, 4.69) is 4.98 Å². The molecule has 1 rings (SSSR count). The van der Waals surface area contributed by atoms with Crippen LogP contribution < -0.4 is 5.73 Å². The molecular formula is C14H23N3O2. The number of rotatable bonds is 6. The first-order valence-corrected chi connectivity index (χ1v) is 6.67. The Kier molecular flexibility index (Phi) is 5.76. The number of amides is 1. The van der Waals surface area contributed by atoms with E-state index in [4.69, 9.17) is 10.8 Å². The summed E-state index contributed by atoms with van der Waals surface area (Å²) in [6, 6.07) is 3.37. The van der Waals surface area contributed by atoms with Crippen LogP contribution in [0.5, 0.6) is 0 Å². The average molecular weight is 265 g/mol. The average Bonchev–Trinajstić information content (AvgIpc) is 2.37. The summed E-state index contributed by atoms with van der Waals surface area (Å²) in [5, 5.41) is 9.03. The maximum absolute atomic E-state index is 12.4. The van der Waals surface area contributed by atoms with Gasteiger partial charge in [0.25, 0.3) is 5.91 Å². The number of aliphatic hydroxyl groups excluding tert-OH is 1. The monoisotopic (exact) mass is 265 g/mol. The number of aliphatic hydroxyl groups is 1. The van der Waals surface area contributed by atoms with Gasteiger partial charge < -0.3 is 15.7 Å². The number of nitrogen functional groups attached to an aromatic ring is 1. The van der Waals surface area contributed by atoms with Gasteiger partial charge in [-0.05, 0) is 24.5 Å². The second-order valence-corrected chi connectivity index (χ2v) is 4.88. The summed E-state index contributed by atoms with van der Waals surface area (Å²) in [6.07, 6.45) is 0.851. The summed E-state index contributed by atoms with van der Waals surface area (Å²) < 4.78 is 0. The molecule has 0 aliphatic rings. The highest BCUT2D eigenvalue weighted by molar-refractivity contribution is 5.95. The molecule has 5 heteroatoms. The third-order valence-corrected chi connectivity index (χ3v) is 2.85. The van der Waals surface area contributed by atoms with Crippen molar-refractivity contribution >= 4 is 11.7 Å². The lowest BCUT2D eigenvalue weighted by Crippen LogP contribution is -2.34. The van der Waals surface area contributed by atoms with Gasteiger partial charge in [0.1, 0.15) is 5.82 Å². The highest BCUT2D eigenvalue weighted by Gasteiger charge is 2.16. The first-order valence-electron chi connectivity index (χ1n) is 6.67. The molecule has 0 saturated heterocycles. The Balaban J connectivity index is 3.02. The number of nitrogens with two attached hydrogens (primary N) is 1. The van der Waals surface area contributed by atoms with Gasteiger partial charge in [-0.3, -0.25) is 4.79 Å². The zero-order valence-corrected chi connectivity index (χ0v) is 11.9. The lowest BCUT2D eigenvalue weighted by Gasteiger charge is -2.21. The molecule has 0 aliphatic carbocycles. The van der Waals surface area contributed by atoms with E-state index < -0.39 is 0 Å². The molecule has 0 radical (unpaired) electrons. The van der Waals surface area contributed by atoms with Crippen LogP contribution in [0.1, 0.15) is 49.2 Å². The van der Waals surface area contributed by atoms with Crippen LogP contribution in [0, 0.1) is 0 Å². The molecule has 0 aliphatic heterocycles. The second kappa shape index (κ2) is 7.09. The highest BCUT2D eigenvalue weighted by atomic mass is 16.3. The van der Waals surface area contributed by atoms with Crippen LogP contribution in [0.3, 0.4) is 0 Å². The van der Waals surface area contributed by atoms with Crippen molar-refractivity contribution in [2.75, 3.05) is 25.4 Å². The summed E-state index contributed by atoms with van der Waals surface area (Å²) in [6.45, 7) is 6.94. The van der Waals surface area contributed by atoms with Crippen LogP contribution >= 0.6 is 0 Å². The lowest BCUT2D eigenvalue weighted by atomic mass is 10.1. The summed E-state index contributed by atoms with van der Waals surface area (Å²) in [4.78, 5) is 18.2. The molecule has 0 unspecified atom stereocenters. The number of anilines is 1. The Hall–Kier alpha value is -1.62. The summed E-state index contributed by atoms with van der Waals surface area (Å²) >= 11 is 0. The largest absolute Gasteiger partial charge is 0.395 e. The maximum atomic E-state index is 12.4. The Morgan fingerprint density at radius 2 is 2.11 bits per heavy atom. The molecule has 0 bridgehead atoms. The van der Waals surface area contributed by atoms with Crippen molar-refractivity contribution in [3.05, 3.63) is 23.4 Å². The van der Waals surface area contributed by atoms with E-state index >= 15 is 0 Å². The van der Waals surface area contributed by atoms with Gasteiger partial charge in [-0.25, -0.2) is 4.98 Å². The molecule has 19 heavy (non-hydrogen) atoms. The molecule has 0 aromatic carbocycles. The van der Waals surface area contributed by atoms with E-state index in [0.717, 1.165) is 12.1 Å². The zero-order valence-electron chi connectivity index (χ0n) is 11.9. The number of hydrogen-bond donors (Lipinski definition) is 2. The number of pyridine rings is 1. The van der Waals surface area contributed by atoms with Crippen molar-refractivity contribution in [1.82, 2.24) is 9.88 Å². The van der Waals surface area contributed by atoms with Crippen molar-refractivity contribution < 1.29 is 9.90 Å².